The molecule has 22 heavy (non-hydrogen) atoms. The third-order valence-electron chi connectivity index (χ3n) is 3.05. The molecule has 1 aromatic carbocycles. The van der Waals surface area contributed by atoms with Gasteiger partial charge in [0.1, 0.15) is 5.76 Å². The SMILES string of the molecule is O=C1NC(=O)C(=Cc2ccc(-c3nc4ccccc4s3)o2)S1. The number of imide groups is 1. The van der Waals surface area contributed by atoms with Crippen molar-refractivity contribution in [2.24, 2.45) is 0 Å². The predicted molar refractivity (Wildman–Crippen MR) is 86.4 cm³/mol. The van der Waals surface area contributed by atoms with Gasteiger partial charge < -0.3 is 4.42 Å². The third kappa shape index (κ3) is 2.34. The monoisotopic (exact) mass is 328 g/mol. The second kappa shape index (κ2) is 5.11. The van der Waals surface area contributed by atoms with Crippen LogP contribution in [0, 0.1) is 0 Å². The number of hydrogen-bond acceptors (Lipinski definition) is 6. The molecule has 0 aliphatic carbocycles. The number of benzene rings is 1. The highest BCUT2D eigenvalue weighted by Crippen LogP contribution is 2.32. The van der Waals surface area contributed by atoms with Gasteiger partial charge in [-0.2, -0.15) is 0 Å². The van der Waals surface area contributed by atoms with Crippen LogP contribution < -0.4 is 5.32 Å². The molecule has 3 aromatic rings. The summed E-state index contributed by atoms with van der Waals surface area (Å²) in [6.45, 7) is 0. The first-order valence-electron chi connectivity index (χ1n) is 6.40. The van der Waals surface area contributed by atoms with E-state index in [2.05, 4.69) is 10.3 Å². The van der Waals surface area contributed by atoms with E-state index < -0.39 is 5.91 Å². The lowest BCUT2D eigenvalue weighted by atomic mass is 10.3. The molecule has 0 bridgehead atoms. The summed E-state index contributed by atoms with van der Waals surface area (Å²) >= 11 is 2.41. The van der Waals surface area contributed by atoms with Gasteiger partial charge in [0, 0.05) is 6.08 Å². The van der Waals surface area contributed by atoms with Crippen LogP contribution in [0.15, 0.2) is 45.7 Å². The minimum atomic E-state index is -0.395. The Bertz CT molecular complexity index is 906. The maximum Gasteiger partial charge on any atom is 0.290 e. The first-order valence-corrected chi connectivity index (χ1v) is 8.03. The molecule has 1 aliphatic heterocycles. The molecule has 4 rings (SSSR count). The van der Waals surface area contributed by atoms with Crippen LogP contribution in [0.3, 0.4) is 0 Å². The zero-order valence-electron chi connectivity index (χ0n) is 11.0. The van der Waals surface area contributed by atoms with Crippen molar-refractivity contribution < 1.29 is 14.0 Å². The predicted octanol–water partition coefficient (Wildman–Crippen LogP) is 3.88. The molecule has 1 fully saturated rings. The van der Waals surface area contributed by atoms with Crippen molar-refractivity contribution in [3.63, 3.8) is 0 Å². The molecule has 0 atom stereocenters. The Morgan fingerprint density at radius 1 is 1.14 bits per heavy atom. The smallest absolute Gasteiger partial charge is 0.290 e. The topological polar surface area (TPSA) is 72.2 Å². The van der Waals surface area contributed by atoms with Gasteiger partial charge in [-0.25, -0.2) is 4.98 Å². The van der Waals surface area contributed by atoms with Crippen LogP contribution in [0.4, 0.5) is 4.79 Å². The van der Waals surface area contributed by atoms with Gasteiger partial charge in [-0.05, 0) is 36.0 Å². The van der Waals surface area contributed by atoms with Crippen LogP contribution in [0.1, 0.15) is 5.76 Å². The van der Waals surface area contributed by atoms with Crippen molar-refractivity contribution in [3.05, 3.63) is 47.1 Å². The number of amides is 2. The molecule has 108 valence electrons. The first kappa shape index (κ1) is 13.3. The summed E-state index contributed by atoms with van der Waals surface area (Å²) in [5.74, 6) is 0.761. The van der Waals surface area contributed by atoms with Gasteiger partial charge in [0.15, 0.2) is 10.8 Å². The lowest BCUT2D eigenvalue weighted by molar-refractivity contribution is -0.115. The van der Waals surface area contributed by atoms with Crippen molar-refractivity contribution in [2.75, 3.05) is 0 Å². The average Bonchev–Trinajstić information content (AvgIpc) is 3.18. The maximum atomic E-state index is 11.5. The highest BCUT2D eigenvalue weighted by molar-refractivity contribution is 8.18. The zero-order valence-corrected chi connectivity index (χ0v) is 12.7. The van der Waals surface area contributed by atoms with E-state index >= 15 is 0 Å². The highest BCUT2D eigenvalue weighted by atomic mass is 32.2. The molecule has 3 heterocycles. The van der Waals surface area contributed by atoms with Gasteiger partial charge in [0.25, 0.3) is 11.1 Å². The number of thiazole rings is 1. The van der Waals surface area contributed by atoms with E-state index in [1.807, 2.05) is 30.3 Å². The standard InChI is InChI=1S/C15H8N2O3S2/c18-13-12(22-15(19)17-13)7-8-5-6-10(20-8)14-16-9-3-1-2-4-11(9)21-14/h1-7H,(H,17,18,19). The number of para-hydroxylation sites is 1. The van der Waals surface area contributed by atoms with E-state index in [1.54, 1.807) is 23.5 Å². The van der Waals surface area contributed by atoms with Crippen LogP contribution in [-0.2, 0) is 4.79 Å². The number of nitrogens with one attached hydrogen (secondary N) is 1. The first-order chi connectivity index (χ1) is 10.7. The molecule has 2 aromatic heterocycles. The molecular formula is C15H8N2O3S2. The van der Waals surface area contributed by atoms with Crippen molar-refractivity contribution in [1.29, 1.82) is 0 Å². The van der Waals surface area contributed by atoms with Crippen molar-refractivity contribution in [2.45, 2.75) is 0 Å². The normalized spacial score (nSPS) is 16.6. The molecule has 1 aliphatic rings. The summed E-state index contributed by atoms with van der Waals surface area (Å²) in [6, 6.07) is 11.4. The van der Waals surface area contributed by atoms with Crippen LogP contribution in [0.5, 0.6) is 0 Å². The summed E-state index contributed by atoms with van der Waals surface area (Å²) in [5, 5.41) is 2.62. The van der Waals surface area contributed by atoms with E-state index in [9.17, 15) is 9.59 Å². The lowest BCUT2D eigenvalue weighted by Crippen LogP contribution is -2.17. The summed E-state index contributed by atoms with van der Waals surface area (Å²) < 4.78 is 6.80. The van der Waals surface area contributed by atoms with Crippen LogP contribution in [-0.4, -0.2) is 16.1 Å². The van der Waals surface area contributed by atoms with E-state index in [0.29, 0.717) is 16.4 Å². The van der Waals surface area contributed by atoms with Gasteiger partial charge in [-0.1, -0.05) is 12.1 Å². The number of fused-ring (bicyclic) bond motifs is 1. The van der Waals surface area contributed by atoms with Crippen molar-refractivity contribution in [3.8, 4) is 10.8 Å². The minimum absolute atomic E-state index is 0.329. The van der Waals surface area contributed by atoms with Crippen LogP contribution in [0.2, 0.25) is 0 Å². The summed E-state index contributed by atoms with van der Waals surface area (Å²) in [4.78, 5) is 27.5. The molecule has 1 saturated heterocycles. The molecule has 0 unspecified atom stereocenters. The number of nitrogens with zero attached hydrogens (tertiary/aromatic N) is 1. The molecule has 5 nitrogen and oxygen atoms in total. The molecule has 0 saturated carbocycles. The summed E-state index contributed by atoms with van der Waals surface area (Å²) in [7, 11) is 0. The fourth-order valence-electron chi connectivity index (χ4n) is 2.07. The Labute approximate surface area is 133 Å². The van der Waals surface area contributed by atoms with Gasteiger partial charge in [-0.3, -0.25) is 14.9 Å². The second-order valence-electron chi connectivity index (χ2n) is 4.54. The van der Waals surface area contributed by atoms with E-state index in [-0.39, 0.29) is 5.24 Å². The summed E-state index contributed by atoms with van der Waals surface area (Å²) in [6.07, 6.45) is 1.56. The van der Waals surface area contributed by atoms with Crippen LogP contribution >= 0.6 is 23.1 Å². The number of aromatic nitrogens is 1. The molecule has 1 N–H and O–H groups in total. The lowest BCUT2D eigenvalue weighted by Gasteiger charge is -1.90. The fourth-order valence-corrected chi connectivity index (χ4v) is 3.66. The Morgan fingerprint density at radius 3 is 2.77 bits per heavy atom. The number of carbonyl (C=O) groups is 2. The number of hydrogen-bond donors (Lipinski definition) is 1. The molecule has 0 radical (unpaired) electrons. The maximum absolute atomic E-state index is 11.5. The Balaban J connectivity index is 1.68. The molecule has 2 amide bonds. The largest absolute Gasteiger partial charge is 0.454 e. The average molecular weight is 328 g/mol. The Kier molecular flexibility index (Phi) is 3.09. The Hall–Kier alpha value is -2.38. The molecule has 0 spiro atoms. The van der Waals surface area contributed by atoms with Gasteiger partial charge in [0.05, 0.1) is 15.1 Å². The van der Waals surface area contributed by atoms with Gasteiger partial charge in [-0.15, -0.1) is 11.3 Å². The molecule has 7 heteroatoms. The number of thioether (sulfide) groups is 1. The third-order valence-corrected chi connectivity index (χ3v) is 4.91. The van der Waals surface area contributed by atoms with E-state index in [1.165, 1.54) is 0 Å². The number of rotatable bonds is 2. The Morgan fingerprint density at radius 2 is 2.00 bits per heavy atom. The number of carbonyl (C=O) groups excluding carboxylic acids is 2. The second-order valence-corrected chi connectivity index (χ2v) is 6.59. The molecular weight excluding hydrogens is 320 g/mol. The van der Waals surface area contributed by atoms with Gasteiger partial charge >= 0.3 is 0 Å². The van der Waals surface area contributed by atoms with E-state index in [4.69, 9.17) is 4.42 Å². The highest BCUT2D eigenvalue weighted by Gasteiger charge is 2.25. The van der Waals surface area contributed by atoms with Crippen molar-refractivity contribution >= 4 is 50.5 Å². The number of furan rings is 1. The fraction of sp³-hybridized carbons (Fsp3) is 0. The quantitative estimate of drug-likeness (QED) is 0.723. The minimum Gasteiger partial charge on any atom is -0.454 e. The van der Waals surface area contributed by atoms with Crippen LogP contribution in [0.25, 0.3) is 27.1 Å². The summed E-state index contributed by atoms with van der Waals surface area (Å²) in [5.41, 5.74) is 0.926. The van der Waals surface area contributed by atoms with Crippen molar-refractivity contribution in [1.82, 2.24) is 10.3 Å². The van der Waals surface area contributed by atoms with E-state index in [0.717, 1.165) is 27.0 Å². The van der Waals surface area contributed by atoms with Gasteiger partial charge in [0.2, 0.25) is 0 Å². The zero-order chi connectivity index (χ0) is 15.1.